The molecule has 0 aliphatic carbocycles. The largest absolute Gasteiger partial charge is 0.501 e. The number of benzene rings is 2. The van der Waals surface area contributed by atoms with Crippen LogP contribution >= 0.6 is 0 Å². The highest BCUT2D eigenvalue weighted by Crippen LogP contribution is 2.31. The number of alkyl halides is 3. The fraction of sp³-hybridized carbons (Fsp3) is 0.190. The van der Waals surface area contributed by atoms with Crippen molar-refractivity contribution in [3.63, 3.8) is 0 Å². The van der Waals surface area contributed by atoms with Gasteiger partial charge in [0.05, 0.1) is 22.9 Å². The van der Waals surface area contributed by atoms with Gasteiger partial charge in [-0.25, -0.2) is 18.2 Å². The van der Waals surface area contributed by atoms with E-state index < -0.39 is 32.1 Å². The van der Waals surface area contributed by atoms with Crippen molar-refractivity contribution in [2.24, 2.45) is 4.99 Å². The summed E-state index contributed by atoms with van der Waals surface area (Å²) in [5.74, 6) is -1.71. The standard InChI is InChI=1S/C21H18F3N3O5S/c1-3-32-20(29)17-12(2)25-15-6-4-5-7-16(15)26-18(17)27-19(28)13-8-10-14(11-9-13)33(30,31)21(22,23)24/h4-11,25H,3H2,1-2H3,(H,26,27,28). The molecule has 2 aromatic rings. The number of aliphatic imine (C=N–C) groups is 1. The lowest BCUT2D eigenvalue weighted by atomic mass is 10.1. The molecule has 1 amide bonds. The van der Waals surface area contributed by atoms with Crippen LogP contribution in [0.4, 0.5) is 24.5 Å². The number of amidine groups is 1. The molecular formula is C21H18F3N3O5S. The van der Waals surface area contributed by atoms with Crippen molar-refractivity contribution in [3.05, 3.63) is 65.4 Å². The molecule has 0 bridgehead atoms. The first-order valence-corrected chi connectivity index (χ1v) is 11.0. The molecule has 1 aliphatic heterocycles. The van der Waals surface area contributed by atoms with Crippen LogP contribution < -0.4 is 10.6 Å². The van der Waals surface area contributed by atoms with E-state index in [2.05, 4.69) is 15.6 Å². The van der Waals surface area contributed by atoms with Crippen molar-refractivity contribution in [2.45, 2.75) is 24.3 Å². The van der Waals surface area contributed by atoms with Gasteiger partial charge in [0, 0.05) is 11.3 Å². The van der Waals surface area contributed by atoms with E-state index in [4.69, 9.17) is 4.74 Å². The fourth-order valence-electron chi connectivity index (χ4n) is 2.94. The van der Waals surface area contributed by atoms with Crippen LogP contribution in [0, 0.1) is 0 Å². The number of amides is 1. The Hall–Kier alpha value is -3.67. The van der Waals surface area contributed by atoms with Crippen LogP contribution in [0.3, 0.4) is 0 Å². The number of sulfone groups is 1. The predicted octanol–water partition coefficient (Wildman–Crippen LogP) is 3.70. The SMILES string of the molecule is CCOC(=O)C1=C(C)Nc2ccccc2N=C1NC(=O)c1ccc(S(=O)(=O)C(F)(F)F)cc1. The molecule has 2 aromatic carbocycles. The number of carbonyl (C=O) groups is 2. The molecule has 0 spiro atoms. The van der Waals surface area contributed by atoms with Crippen molar-refractivity contribution in [1.82, 2.24) is 5.32 Å². The van der Waals surface area contributed by atoms with Crippen LogP contribution in [0.15, 0.2) is 69.7 Å². The first-order valence-electron chi connectivity index (χ1n) is 9.51. The van der Waals surface area contributed by atoms with E-state index in [1.165, 1.54) is 0 Å². The third kappa shape index (κ3) is 4.90. The van der Waals surface area contributed by atoms with E-state index >= 15 is 0 Å². The van der Waals surface area contributed by atoms with Gasteiger partial charge < -0.3 is 15.4 Å². The summed E-state index contributed by atoms with van der Waals surface area (Å²) in [6.07, 6.45) is 0. The minimum absolute atomic E-state index is 0.0438. The lowest BCUT2D eigenvalue weighted by Gasteiger charge is -2.13. The first-order chi connectivity index (χ1) is 15.5. The molecule has 2 N–H and O–H groups in total. The summed E-state index contributed by atoms with van der Waals surface area (Å²) < 4.78 is 66.3. The Labute approximate surface area is 187 Å². The summed E-state index contributed by atoms with van der Waals surface area (Å²) in [6.45, 7) is 3.27. The van der Waals surface area contributed by atoms with Crippen LogP contribution in [0.5, 0.6) is 0 Å². The molecule has 1 aliphatic rings. The van der Waals surface area contributed by atoms with Crippen molar-refractivity contribution < 1.29 is 35.9 Å². The quantitative estimate of drug-likeness (QED) is 0.644. The normalized spacial score (nSPS) is 13.9. The number of para-hydroxylation sites is 2. The average Bonchev–Trinajstić information content (AvgIpc) is 2.88. The van der Waals surface area contributed by atoms with E-state index in [0.29, 0.717) is 29.2 Å². The smallest absolute Gasteiger partial charge is 0.462 e. The number of esters is 1. The molecule has 174 valence electrons. The van der Waals surface area contributed by atoms with Gasteiger partial charge >= 0.3 is 11.5 Å². The Morgan fingerprint density at radius 2 is 1.73 bits per heavy atom. The van der Waals surface area contributed by atoms with Gasteiger partial charge in [-0.1, -0.05) is 12.1 Å². The maximum absolute atomic E-state index is 12.8. The monoisotopic (exact) mass is 481 g/mol. The summed E-state index contributed by atoms with van der Waals surface area (Å²) >= 11 is 0. The van der Waals surface area contributed by atoms with E-state index in [-0.39, 0.29) is 23.6 Å². The molecule has 12 heteroatoms. The van der Waals surface area contributed by atoms with Crippen molar-refractivity contribution in [1.29, 1.82) is 0 Å². The summed E-state index contributed by atoms with van der Waals surface area (Å²) in [5, 5.41) is 5.50. The summed E-state index contributed by atoms with van der Waals surface area (Å²) in [4.78, 5) is 28.7. The molecule has 0 fully saturated rings. The fourth-order valence-corrected chi connectivity index (χ4v) is 3.70. The molecule has 0 aromatic heterocycles. The molecule has 0 unspecified atom stereocenters. The average molecular weight is 481 g/mol. The van der Waals surface area contributed by atoms with Crippen LogP contribution in [0.1, 0.15) is 24.2 Å². The van der Waals surface area contributed by atoms with Crippen LogP contribution in [0.2, 0.25) is 0 Å². The zero-order chi connectivity index (χ0) is 24.4. The maximum atomic E-state index is 12.8. The number of hydrogen-bond acceptors (Lipinski definition) is 7. The van der Waals surface area contributed by atoms with E-state index in [1.807, 2.05) is 0 Å². The minimum Gasteiger partial charge on any atom is -0.462 e. The molecule has 1 heterocycles. The number of nitrogens with one attached hydrogen (secondary N) is 2. The van der Waals surface area contributed by atoms with E-state index in [1.54, 1.807) is 38.1 Å². The highest BCUT2D eigenvalue weighted by atomic mass is 32.2. The molecular weight excluding hydrogens is 463 g/mol. The zero-order valence-corrected chi connectivity index (χ0v) is 18.2. The van der Waals surface area contributed by atoms with Gasteiger partial charge in [-0.2, -0.15) is 13.2 Å². The summed E-state index contributed by atoms with van der Waals surface area (Å²) in [6, 6.07) is 10.0. The lowest BCUT2D eigenvalue weighted by molar-refractivity contribution is -0.137. The zero-order valence-electron chi connectivity index (χ0n) is 17.4. The van der Waals surface area contributed by atoms with Gasteiger partial charge in [-0.05, 0) is 50.2 Å². The number of allylic oxidation sites excluding steroid dienone is 1. The van der Waals surface area contributed by atoms with Gasteiger partial charge in [0.2, 0.25) is 0 Å². The number of anilines is 1. The number of nitrogens with zero attached hydrogens (tertiary/aromatic N) is 1. The molecule has 0 saturated heterocycles. The number of hydrogen-bond donors (Lipinski definition) is 2. The van der Waals surface area contributed by atoms with Crippen LogP contribution in [-0.4, -0.2) is 38.2 Å². The second-order valence-corrected chi connectivity index (χ2v) is 8.69. The second kappa shape index (κ2) is 9.06. The van der Waals surface area contributed by atoms with Gasteiger partial charge in [-0.15, -0.1) is 0 Å². The highest BCUT2D eigenvalue weighted by molar-refractivity contribution is 7.92. The van der Waals surface area contributed by atoms with Gasteiger partial charge in [-0.3, -0.25) is 4.79 Å². The Morgan fingerprint density at radius 1 is 1.09 bits per heavy atom. The number of halogens is 3. The summed E-state index contributed by atoms with van der Waals surface area (Å²) in [5.41, 5.74) is -4.32. The van der Waals surface area contributed by atoms with Crippen LogP contribution in [-0.2, 0) is 19.4 Å². The highest BCUT2D eigenvalue weighted by Gasteiger charge is 2.46. The van der Waals surface area contributed by atoms with Gasteiger partial charge in [0.1, 0.15) is 11.4 Å². The minimum atomic E-state index is -5.55. The predicted molar refractivity (Wildman–Crippen MR) is 114 cm³/mol. The third-order valence-electron chi connectivity index (χ3n) is 4.51. The van der Waals surface area contributed by atoms with Crippen molar-refractivity contribution in [3.8, 4) is 0 Å². The molecule has 3 rings (SSSR count). The topological polar surface area (TPSA) is 114 Å². The number of carbonyl (C=O) groups excluding carboxylic acids is 2. The second-order valence-electron chi connectivity index (χ2n) is 6.75. The number of rotatable bonds is 4. The number of fused-ring (bicyclic) bond motifs is 1. The van der Waals surface area contributed by atoms with E-state index in [0.717, 1.165) is 12.1 Å². The number of ether oxygens (including phenoxy) is 1. The van der Waals surface area contributed by atoms with Gasteiger partial charge in [0.15, 0.2) is 0 Å². The maximum Gasteiger partial charge on any atom is 0.501 e. The summed E-state index contributed by atoms with van der Waals surface area (Å²) in [7, 11) is -5.55. The Kier molecular flexibility index (Phi) is 6.58. The molecule has 0 atom stereocenters. The van der Waals surface area contributed by atoms with Crippen LogP contribution in [0.25, 0.3) is 0 Å². The molecule has 8 nitrogen and oxygen atoms in total. The first kappa shape index (κ1) is 24.0. The lowest BCUT2D eigenvalue weighted by Crippen LogP contribution is -2.35. The molecule has 33 heavy (non-hydrogen) atoms. The van der Waals surface area contributed by atoms with Crippen molar-refractivity contribution >= 4 is 38.9 Å². The molecule has 0 saturated carbocycles. The van der Waals surface area contributed by atoms with Crippen molar-refractivity contribution in [2.75, 3.05) is 11.9 Å². The Bertz CT molecular complexity index is 1270. The Morgan fingerprint density at radius 3 is 2.33 bits per heavy atom. The van der Waals surface area contributed by atoms with Gasteiger partial charge in [0.25, 0.3) is 15.7 Å². The third-order valence-corrected chi connectivity index (χ3v) is 6.02. The molecule has 0 radical (unpaired) electrons. The Balaban J connectivity index is 1.97. The van der Waals surface area contributed by atoms with E-state index in [9.17, 15) is 31.2 Å².